The molecule has 0 radical (unpaired) electrons. The molecule has 1 fully saturated rings. The molecule has 9 heavy (non-hydrogen) atoms. The standard InChI is InChI=1S/C4H7.BF3.K/c1-2-4-3-1;2-1(3)4;/h1H,2-4H2;;/q-1;;+1. The molecule has 1 aliphatic carbocycles. The maximum absolute atomic E-state index is 9.67. The molecule has 0 saturated heterocycles. The van der Waals surface area contributed by atoms with Gasteiger partial charge in [-0.3, -0.25) is 12.9 Å². The topological polar surface area (TPSA) is 0 Å². The van der Waals surface area contributed by atoms with E-state index in [1.807, 2.05) is 0 Å². The van der Waals surface area contributed by atoms with Gasteiger partial charge in [-0.1, -0.05) is 0 Å². The summed E-state index contributed by atoms with van der Waals surface area (Å²) in [6, 6.07) is 0. The van der Waals surface area contributed by atoms with Gasteiger partial charge in [0.15, 0.2) is 0 Å². The third-order valence-electron chi connectivity index (χ3n) is 0.816. The van der Waals surface area contributed by atoms with Crippen LogP contribution in [0.2, 0.25) is 0 Å². The molecule has 5 heteroatoms. The first-order chi connectivity index (χ1) is 3.73. The van der Waals surface area contributed by atoms with E-state index >= 15 is 0 Å². The SMILES string of the molecule is FB(F)F.[CH-]1CCC1.[K+]. The first-order valence-corrected chi connectivity index (χ1v) is 2.47. The summed E-state index contributed by atoms with van der Waals surface area (Å²) in [5.41, 5.74) is 0. The summed E-state index contributed by atoms with van der Waals surface area (Å²) >= 11 is 0. The number of halogens is 3. The Hall–Kier alpha value is 1.49. The molecule has 0 N–H and O–H groups in total. The Morgan fingerprint density at radius 2 is 1.22 bits per heavy atom. The normalized spacial score (nSPS) is 13.7. The fourth-order valence-corrected chi connectivity index (χ4v) is 0.204. The van der Waals surface area contributed by atoms with Crippen molar-refractivity contribution in [2.45, 2.75) is 19.3 Å². The van der Waals surface area contributed by atoms with E-state index < -0.39 is 7.54 Å². The van der Waals surface area contributed by atoms with Gasteiger partial charge in [0.1, 0.15) is 0 Å². The maximum atomic E-state index is 9.67. The van der Waals surface area contributed by atoms with Crippen LogP contribution in [0, 0.1) is 6.42 Å². The molecule has 0 aromatic rings. The Kier molecular flexibility index (Phi) is 13.8. The Labute approximate surface area is 96.2 Å². The van der Waals surface area contributed by atoms with Crippen LogP contribution in [0.5, 0.6) is 0 Å². The van der Waals surface area contributed by atoms with E-state index in [1.165, 1.54) is 19.3 Å². The molecule has 1 aliphatic rings. The van der Waals surface area contributed by atoms with E-state index in [0.29, 0.717) is 0 Å². The van der Waals surface area contributed by atoms with E-state index in [-0.39, 0.29) is 51.4 Å². The fraction of sp³-hybridized carbons (Fsp3) is 0.750. The van der Waals surface area contributed by atoms with Gasteiger partial charge < -0.3 is 6.42 Å². The van der Waals surface area contributed by atoms with Gasteiger partial charge in [0.25, 0.3) is 0 Å². The van der Waals surface area contributed by atoms with Crippen molar-refractivity contribution in [3.8, 4) is 0 Å². The van der Waals surface area contributed by atoms with Crippen LogP contribution in [0.25, 0.3) is 0 Å². The zero-order valence-corrected chi connectivity index (χ0v) is 8.53. The molecule has 0 spiro atoms. The molecule has 1 rings (SSSR count). The molecule has 1 saturated carbocycles. The molecular weight excluding hydrogens is 155 g/mol. The van der Waals surface area contributed by atoms with Gasteiger partial charge in [-0.15, -0.1) is 6.42 Å². The van der Waals surface area contributed by atoms with Crippen LogP contribution in [0.15, 0.2) is 0 Å². The second kappa shape index (κ2) is 9.49. The van der Waals surface area contributed by atoms with E-state index in [4.69, 9.17) is 0 Å². The average Bonchev–Trinajstić information content (AvgIpc) is 1.19. The quantitative estimate of drug-likeness (QED) is 0.325. The minimum atomic E-state index is -3.67. The van der Waals surface area contributed by atoms with Gasteiger partial charge in [-0.25, -0.2) is 0 Å². The van der Waals surface area contributed by atoms with E-state index in [0.717, 1.165) is 0 Å². The third kappa shape index (κ3) is 17.7. The van der Waals surface area contributed by atoms with E-state index in [9.17, 15) is 12.9 Å². The van der Waals surface area contributed by atoms with E-state index in [2.05, 4.69) is 6.42 Å². The van der Waals surface area contributed by atoms with Crippen LogP contribution in [-0.4, -0.2) is 7.54 Å². The van der Waals surface area contributed by atoms with Crippen molar-refractivity contribution in [3.05, 3.63) is 6.42 Å². The molecule has 48 valence electrons. The molecule has 0 atom stereocenters. The van der Waals surface area contributed by atoms with Crippen molar-refractivity contribution in [2.75, 3.05) is 0 Å². The Balaban J connectivity index is 0. The number of rotatable bonds is 0. The monoisotopic (exact) mass is 162 g/mol. The summed E-state index contributed by atoms with van der Waals surface area (Å²) in [6.45, 7) is 0. The van der Waals surface area contributed by atoms with Crippen molar-refractivity contribution >= 4 is 7.54 Å². The molecule has 0 unspecified atom stereocenters. The molecule has 0 amide bonds. The summed E-state index contributed by atoms with van der Waals surface area (Å²) in [6.07, 6.45) is 6.50. The zero-order valence-electron chi connectivity index (χ0n) is 5.41. The van der Waals surface area contributed by atoms with Gasteiger partial charge in [-0.05, 0) is 0 Å². The van der Waals surface area contributed by atoms with Crippen molar-refractivity contribution in [1.29, 1.82) is 0 Å². The zero-order chi connectivity index (χ0) is 6.41. The minimum Gasteiger partial charge on any atom is -0.329 e. The van der Waals surface area contributed by atoms with Gasteiger partial charge in [0.05, 0.1) is 0 Å². The van der Waals surface area contributed by atoms with Gasteiger partial charge in [0.2, 0.25) is 0 Å². The van der Waals surface area contributed by atoms with Crippen molar-refractivity contribution in [3.63, 3.8) is 0 Å². The molecule has 0 nitrogen and oxygen atoms in total. The number of hydrogen-bond acceptors (Lipinski definition) is 0. The van der Waals surface area contributed by atoms with Gasteiger partial charge in [-0.2, -0.15) is 12.8 Å². The Morgan fingerprint density at radius 3 is 1.22 bits per heavy atom. The van der Waals surface area contributed by atoms with Crippen LogP contribution < -0.4 is 51.4 Å². The van der Waals surface area contributed by atoms with Crippen LogP contribution in [0.3, 0.4) is 0 Å². The maximum Gasteiger partial charge on any atom is 1.00 e. The molecule has 0 heterocycles. The van der Waals surface area contributed by atoms with Crippen LogP contribution in [0.4, 0.5) is 12.9 Å². The Bertz CT molecular complexity index is 42.3. The Morgan fingerprint density at radius 1 is 1.11 bits per heavy atom. The summed E-state index contributed by atoms with van der Waals surface area (Å²) in [7, 11) is -3.67. The summed E-state index contributed by atoms with van der Waals surface area (Å²) in [4.78, 5) is 0. The average molecular weight is 162 g/mol. The van der Waals surface area contributed by atoms with Crippen LogP contribution in [-0.2, 0) is 0 Å². The van der Waals surface area contributed by atoms with Crippen molar-refractivity contribution < 1.29 is 64.3 Å². The summed E-state index contributed by atoms with van der Waals surface area (Å²) in [5.74, 6) is 0. The molecule has 0 aromatic heterocycles. The largest absolute Gasteiger partial charge is 1.00 e. The van der Waals surface area contributed by atoms with Gasteiger partial charge >= 0.3 is 58.9 Å². The smallest absolute Gasteiger partial charge is 0.329 e. The first-order valence-electron chi connectivity index (χ1n) is 2.47. The molecule has 0 aliphatic heterocycles. The van der Waals surface area contributed by atoms with Gasteiger partial charge in [0, 0.05) is 0 Å². The minimum absolute atomic E-state index is 0. The van der Waals surface area contributed by atoms with E-state index in [1.54, 1.807) is 0 Å². The molecular formula is C4H7BF3K. The molecule has 0 aromatic carbocycles. The third-order valence-corrected chi connectivity index (χ3v) is 0.816. The predicted octanol–water partition coefficient (Wildman–Crippen LogP) is -0.742. The second-order valence-corrected chi connectivity index (χ2v) is 1.47. The summed E-state index contributed by atoms with van der Waals surface area (Å²) in [5, 5.41) is 0. The van der Waals surface area contributed by atoms with Crippen LogP contribution in [0.1, 0.15) is 19.3 Å². The summed E-state index contributed by atoms with van der Waals surface area (Å²) < 4.78 is 29.0. The van der Waals surface area contributed by atoms with Crippen molar-refractivity contribution in [1.82, 2.24) is 0 Å². The first kappa shape index (κ1) is 13.1. The second-order valence-electron chi connectivity index (χ2n) is 1.47. The van der Waals surface area contributed by atoms with Crippen molar-refractivity contribution in [2.24, 2.45) is 0 Å². The fourth-order valence-electron chi connectivity index (χ4n) is 0.204. The predicted molar refractivity (Wildman–Crippen MR) is 27.2 cm³/mol. The van der Waals surface area contributed by atoms with Crippen LogP contribution >= 0.6 is 0 Å². The molecule has 0 bridgehead atoms. The number of hydrogen-bond donors (Lipinski definition) is 0.